The van der Waals surface area contributed by atoms with Crippen LogP contribution in [0.15, 0.2) is 24.3 Å². The van der Waals surface area contributed by atoms with E-state index in [0.29, 0.717) is 0 Å². The number of anilines is 1. The Balaban J connectivity index is 1.63. The summed E-state index contributed by atoms with van der Waals surface area (Å²) in [7, 11) is 0. The largest absolute Gasteiger partial charge is 0.373 e. The van der Waals surface area contributed by atoms with E-state index in [0.717, 1.165) is 24.9 Å². The van der Waals surface area contributed by atoms with Gasteiger partial charge in [0.1, 0.15) is 6.04 Å². The smallest absolute Gasteiger partial charge is 0.243 e. The first-order valence-corrected chi connectivity index (χ1v) is 7.33. The van der Waals surface area contributed by atoms with Crippen molar-refractivity contribution in [2.45, 2.75) is 57.0 Å². The fraction of sp³-hybridized carbons (Fsp3) is 0.562. The van der Waals surface area contributed by atoms with Crippen LogP contribution in [0.4, 0.5) is 5.69 Å². The molecule has 102 valence electrons. The van der Waals surface area contributed by atoms with Gasteiger partial charge in [0.05, 0.1) is 0 Å². The third-order valence-corrected chi connectivity index (χ3v) is 4.47. The average Bonchev–Trinajstić information content (AvgIpc) is 2.83. The van der Waals surface area contributed by atoms with Crippen molar-refractivity contribution in [1.82, 2.24) is 5.32 Å². The molecule has 0 aromatic heterocycles. The van der Waals surface area contributed by atoms with Crippen LogP contribution in [0.5, 0.6) is 0 Å². The molecular weight excluding hydrogens is 236 g/mol. The minimum Gasteiger partial charge on any atom is -0.373 e. The second kappa shape index (κ2) is 4.87. The van der Waals surface area contributed by atoms with Gasteiger partial charge in [-0.05, 0) is 31.4 Å². The maximum atomic E-state index is 12.4. The quantitative estimate of drug-likeness (QED) is 0.856. The highest BCUT2D eigenvalue weighted by Gasteiger charge is 2.33. The van der Waals surface area contributed by atoms with E-state index in [4.69, 9.17) is 0 Å². The van der Waals surface area contributed by atoms with Crippen LogP contribution >= 0.6 is 0 Å². The summed E-state index contributed by atoms with van der Waals surface area (Å²) >= 11 is 0. The number of rotatable bonds is 2. The minimum absolute atomic E-state index is 0.00574. The summed E-state index contributed by atoms with van der Waals surface area (Å²) in [6.07, 6.45) is 6.79. The van der Waals surface area contributed by atoms with Crippen molar-refractivity contribution in [3.05, 3.63) is 29.8 Å². The lowest BCUT2D eigenvalue weighted by Crippen LogP contribution is -2.52. The molecule has 1 fully saturated rings. The number of amides is 1. The maximum absolute atomic E-state index is 12.4. The molecule has 2 aliphatic rings. The zero-order valence-electron chi connectivity index (χ0n) is 11.5. The van der Waals surface area contributed by atoms with Gasteiger partial charge in [0.2, 0.25) is 5.91 Å². The Morgan fingerprint density at radius 3 is 2.74 bits per heavy atom. The molecule has 3 nitrogen and oxygen atoms in total. The fourth-order valence-corrected chi connectivity index (χ4v) is 3.30. The minimum atomic E-state index is -0.101. The highest BCUT2D eigenvalue weighted by molar-refractivity contribution is 5.87. The number of hydrogen-bond acceptors (Lipinski definition) is 2. The Bertz CT molecular complexity index is 452. The van der Waals surface area contributed by atoms with Crippen molar-refractivity contribution >= 4 is 11.6 Å². The second-order valence-electron chi connectivity index (χ2n) is 6.17. The second-order valence-corrected chi connectivity index (χ2v) is 6.17. The van der Waals surface area contributed by atoms with Crippen molar-refractivity contribution in [2.24, 2.45) is 0 Å². The van der Waals surface area contributed by atoms with Gasteiger partial charge in [0.25, 0.3) is 0 Å². The molecule has 0 bridgehead atoms. The van der Waals surface area contributed by atoms with Crippen molar-refractivity contribution in [1.29, 1.82) is 0 Å². The predicted molar refractivity (Wildman–Crippen MR) is 77.2 cm³/mol. The van der Waals surface area contributed by atoms with E-state index in [-0.39, 0.29) is 17.5 Å². The van der Waals surface area contributed by atoms with E-state index in [1.54, 1.807) is 0 Å². The van der Waals surface area contributed by atoms with Crippen LogP contribution in [-0.4, -0.2) is 17.5 Å². The first-order valence-electron chi connectivity index (χ1n) is 7.33. The van der Waals surface area contributed by atoms with E-state index < -0.39 is 0 Å². The summed E-state index contributed by atoms with van der Waals surface area (Å²) in [6.45, 7) is 2.19. The highest BCUT2D eigenvalue weighted by Crippen LogP contribution is 2.29. The summed E-state index contributed by atoms with van der Waals surface area (Å²) in [4.78, 5) is 12.4. The lowest BCUT2D eigenvalue weighted by atomic mass is 9.83. The molecule has 0 saturated heterocycles. The highest BCUT2D eigenvalue weighted by atomic mass is 16.2. The molecule has 1 saturated carbocycles. The van der Waals surface area contributed by atoms with Crippen LogP contribution < -0.4 is 10.6 Å². The van der Waals surface area contributed by atoms with Gasteiger partial charge in [0.15, 0.2) is 0 Å². The molecule has 1 atom stereocenters. The standard InChI is InChI=1S/C16H22N2O/c1-16(9-5-2-6-10-16)18-15(19)14-11-12-7-3-4-8-13(12)17-14/h3-4,7-8,14,17H,2,5-6,9-11H2,1H3,(H,18,19)/t14-/m0/s1. The van der Waals surface area contributed by atoms with E-state index in [9.17, 15) is 4.79 Å². The fourth-order valence-electron chi connectivity index (χ4n) is 3.30. The third-order valence-electron chi connectivity index (χ3n) is 4.47. The average molecular weight is 258 g/mol. The summed E-state index contributed by atoms with van der Waals surface area (Å²) < 4.78 is 0. The first kappa shape index (κ1) is 12.5. The summed E-state index contributed by atoms with van der Waals surface area (Å²) in [5.41, 5.74) is 2.36. The van der Waals surface area contributed by atoms with E-state index in [1.807, 2.05) is 18.2 Å². The first-order chi connectivity index (χ1) is 9.16. The van der Waals surface area contributed by atoms with Crippen LogP contribution in [0, 0.1) is 0 Å². The number of carbonyl (C=O) groups is 1. The molecule has 1 aromatic carbocycles. The summed E-state index contributed by atoms with van der Waals surface area (Å²) in [6, 6.07) is 8.08. The normalized spacial score (nSPS) is 24.4. The Morgan fingerprint density at radius 2 is 2.00 bits per heavy atom. The third kappa shape index (κ3) is 2.60. The summed E-state index contributed by atoms with van der Waals surface area (Å²) in [5, 5.41) is 6.60. The number of hydrogen-bond donors (Lipinski definition) is 2. The zero-order valence-corrected chi connectivity index (χ0v) is 11.5. The molecule has 19 heavy (non-hydrogen) atoms. The lowest BCUT2D eigenvalue weighted by Gasteiger charge is -2.35. The number of benzene rings is 1. The monoisotopic (exact) mass is 258 g/mol. The van der Waals surface area contributed by atoms with Gasteiger partial charge in [-0.25, -0.2) is 0 Å². The molecule has 1 aromatic rings. The SMILES string of the molecule is CC1(NC(=O)[C@@H]2Cc3ccccc3N2)CCCCC1. The van der Waals surface area contributed by atoms with E-state index in [1.165, 1.54) is 24.8 Å². The molecular formula is C16H22N2O. The van der Waals surface area contributed by atoms with Crippen LogP contribution in [0.2, 0.25) is 0 Å². The van der Waals surface area contributed by atoms with Crippen molar-refractivity contribution in [2.75, 3.05) is 5.32 Å². The molecule has 1 aliphatic heterocycles. The summed E-state index contributed by atoms with van der Waals surface area (Å²) in [5.74, 6) is 0.153. The van der Waals surface area contributed by atoms with Crippen molar-refractivity contribution in [3.8, 4) is 0 Å². The van der Waals surface area contributed by atoms with Gasteiger partial charge in [-0.2, -0.15) is 0 Å². The molecule has 0 spiro atoms. The molecule has 2 N–H and O–H groups in total. The Labute approximate surface area is 114 Å². The number of carbonyl (C=O) groups excluding carboxylic acids is 1. The number of fused-ring (bicyclic) bond motifs is 1. The van der Waals surface area contributed by atoms with Gasteiger partial charge >= 0.3 is 0 Å². The zero-order chi connectivity index (χ0) is 13.3. The molecule has 1 amide bonds. The van der Waals surface area contributed by atoms with Crippen LogP contribution in [0.1, 0.15) is 44.6 Å². The predicted octanol–water partition coefficient (Wildman–Crippen LogP) is 2.86. The molecule has 3 heteroatoms. The molecule has 1 aliphatic carbocycles. The van der Waals surface area contributed by atoms with Crippen LogP contribution in [0.25, 0.3) is 0 Å². The lowest BCUT2D eigenvalue weighted by molar-refractivity contribution is -0.123. The Kier molecular flexibility index (Phi) is 3.21. The Morgan fingerprint density at radius 1 is 1.26 bits per heavy atom. The van der Waals surface area contributed by atoms with Gasteiger partial charge in [-0.1, -0.05) is 37.5 Å². The van der Waals surface area contributed by atoms with Gasteiger partial charge in [-0.15, -0.1) is 0 Å². The van der Waals surface area contributed by atoms with Crippen LogP contribution in [-0.2, 0) is 11.2 Å². The van der Waals surface area contributed by atoms with E-state index >= 15 is 0 Å². The number of nitrogens with one attached hydrogen (secondary N) is 2. The Hall–Kier alpha value is -1.51. The number of para-hydroxylation sites is 1. The molecule has 3 rings (SSSR count). The molecule has 0 unspecified atom stereocenters. The van der Waals surface area contributed by atoms with Gasteiger partial charge < -0.3 is 10.6 Å². The molecule has 0 radical (unpaired) electrons. The van der Waals surface area contributed by atoms with E-state index in [2.05, 4.69) is 23.6 Å². The van der Waals surface area contributed by atoms with Crippen molar-refractivity contribution < 1.29 is 4.79 Å². The van der Waals surface area contributed by atoms with Crippen LogP contribution in [0.3, 0.4) is 0 Å². The van der Waals surface area contributed by atoms with Gasteiger partial charge in [-0.3, -0.25) is 4.79 Å². The maximum Gasteiger partial charge on any atom is 0.243 e. The topological polar surface area (TPSA) is 41.1 Å². The van der Waals surface area contributed by atoms with Crippen molar-refractivity contribution in [3.63, 3.8) is 0 Å². The molecule has 1 heterocycles. The van der Waals surface area contributed by atoms with Gasteiger partial charge in [0, 0.05) is 17.6 Å².